The van der Waals surface area contributed by atoms with Crippen molar-refractivity contribution in [2.45, 2.75) is 46.2 Å². The van der Waals surface area contributed by atoms with Crippen LogP contribution in [0.2, 0.25) is 0 Å². The Kier molecular flexibility index (Phi) is 8.95. The third-order valence-corrected chi connectivity index (χ3v) is 6.93. The van der Waals surface area contributed by atoms with Crippen LogP contribution in [0.1, 0.15) is 39.2 Å². The van der Waals surface area contributed by atoms with E-state index in [1.54, 1.807) is 0 Å². The van der Waals surface area contributed by atoms with Gasteiger partial charge >= 0.3 is 0 Å². The number of rotatable bonds is 1. The van der Waals surface area contributed by atoms with Crippen LogP contribution in [0.3, 0.4) is 0 Å². The van der Waals surface area contributed by atoms with Gasteiger partial charge in [0.15, 0.2) is 0 Å². The van der Waals surface area contributed by atoms with E-state index in [4.69, 9.17) is 15.2 Å². The van der Waals surface area contributed by atoms with Crippen molar-refractivity contribution in [3.05, 3.63) is 47.2 Å². The van der Waals surface area contributed by atoms with Crippen LogP contribution >= 0.6 is 0 Å². The van der Waals surface area contributed by atoms with E-state index in [1.807, 2.05) is 39.0 Å². The lowest BCUT2D eigenvalue weighted by atomic mass is 10.0. The lowest BCUT2D eigenvalue weighted by Gasteiger charge is -2.35. The molecule has 4 aliphatic heterocycles. The molecular formula is C27H40N6O2. The molecule has 0 aliphatic carbocycles. The second kappa shape index (κ2) is 12.3. The Labute approximate surface area is 209 Å². The summed E-state index contributed by atoms with van der Waals surface area (Å²) in [5, 5.41) is 3.67. The molecule has 4 heterocycles. The largest absolute Gasteiger partial charge is 0.497 e. The minimum atomic E-state index is 0.263. The van der Waals surface area contributed by atoms with E-state index in [2.05, 4.69) is 37.2 Å². The van der Waals surface area contributed by atoms with Gasteiger partial charge in [-0.3, -0.25) is 4.90 Å². The number of ether oxygens (including phenoxy) is 2. The number of aliphatic imine (C=N–C) groups is 2. The molecule has 0 unspecified atom stereocenters. The number of morpholine rings is 1. The summed E-state index contributed by atoms with van der Waals surface area (Å²) in [6.45, 7) is 13.9. The van der Waals surface area contributed by atoms with Crippen LogP contribution in [-0.2, 0) is 16.0 Å². The van der Waals surface area contributed by atoms with Crippen LogP contribution in [0.15, 0.2) is 51.7 Å². The van der Waals surface area contributed by atoms with E-state index in [9.17, 15) is 0 Å². The van der Waals surface area contributed by atoms with E-state index < -0.39 is 0 Å². The first kappa shape index (κ1) is 25.4. The molecule has 3 N–H and O–H groups in total. The third-order valence-electron chi connectivity index (χ3n) is 6.93. The molecule has 0 amide bonds. The highest BCUT2D eigenvalue weighted by atomic mass is 16.5. The molecule has 2 saturated heterocycles. The molecule has 0 saturated carbocycles. The first-order valence-electron chi connectivity index (χ1n) is 12.8. The maximum atomic E-state index is 6.24. The highest BCUT2D eigenvalue weighted by Gasteiger charge is 2.22. The van der Waals surface area contributed by atoms with E-state index >= 15 is 0 Å². The summed E-state index contributed by atoms with van der Waals surface area (Å²) in [5.74, 6) is 1.15. The summed E-state index contributed by atoms with van der Waals surface area (Å²) in [7, 11) is 0. The number of hydrogen-bond donors (Lipinski definition) is 2. The normalized spacial score (nSPS) is 29.5. The maximum absolute atomic E-state index is 6.24. The Morgan fingerprint density at radius 3 is 2.51 bits per heavy atom. The summed E-state index contributed by atoms with van der Waals surface area (Å²) in [4.78, 5) is 14.1. The van der Waals surface area contributed by atoms with E-state index in [0.29, 0.717) is 12.6 Å². The van der Waals surface area contributed by atoms with Crippen molar-refractivity contribution in [1.29, 1.82) is 0 Å². The van der Waals surface area contributed by atoms with Crippen molar-refractivity contribution in [2.24, 2.45) is 15.7 Å². The second-order valence-corrected chi connectivity index (χ2v) is 9.56. The monoisotopic (exact) mass is 480 g/mol. The van der Waals surface area contributed by atoms with Crippen molar-refractivity contribution >= 4 is 23.0 Å². The Hall–Kier alpha value is -2.68. The number of fused-ring (bicyclic) bond motifs is 9. The first-order chi connectivity index (χ1) is 17.0. The van der Waals surface area contributed by atoms with Gasteiger partial charge in [0.1, 0.15) is 6.61 Å². The number of nitrogens with one attached hydrogen (secondary N) is 1. The fourth-order valence-corrected chi connectivity index (χ4v) is 4.72. The van der Waals surface area contributed by atoms with Crippen molar-refractivity contribution in [3.63, 3.8) is 0 Å². The molecule has 35 heavy (non-hydrogen) atoms. The first-order valence-corrected chi connectivity index (χ1v) is 12.8. The zero-order chi connectivity index (χ0) is 24.6. The van der Waals surface area contributed by atoms with Crippen molar-refractivity contribution in [1.82, 2.24) is 10.2 Å². The molecule has 5 rings (SSSR count). The average Bonchev–Trinajstić information content (AvgIpc) is 2.86. The fourth-order valence-electron chi connectivity index (χ4n) is 4.72. The highest BCUT2D eigenvalue weighted by Crippen LogP contribution is 2.29. The summed E-state index contributed by atoms with van der Waals surface area (Å²) in [6.07, 6.45) is 6.28. The number of anilines is 1. The standard InChI is InChI=1S/C27H40N6O2/c1-20-4-5-21(2)35-15-10-29-24-8-11-32(12-9-24)19-23-18-25(31-27(28)30-22(20)3)6-7-26(23)33-13-16-34-17-14-33/h4-7,18,24,29H,8-17,19H2,1-3H3,(H2,28,31)/b20-4+,21-5+,30-22+. The van der Waals surface area contributed by atoms with Crippen LogP contribution in [0.4, 0.5) is 11.4 Å². The minimum absolute atomic E-state index is 0.263. The molecule has 8 nitrogen and oxygen atoms in total. The Balaban J connectivity index is 1.64. The zero-order valence-electron chi connectivity index (χ0n) is 21.4. The zero-order valence-corrected chi connectivity index (χ0v) is 21.4. The Bertz CT molecular complexity index is 985. The SMILES string of the molecule is C\C1=C/C=C(C)/C(C)=N/C(N)=Nc2ccc(N3CCOCC3)c(c2)CN2CCC(CC2)NCCO1. The predicted octanol–water partition coefficient (Wildman–Crippen LogP) is 3.36. The van der Waals surface area contributed by atoms with Crippen molar-refractivity contribution < 1.29 is 9.47 Å². The topological polar surface area (TPSA) is 87.7 Å². The summed E-state index contributed by atoms with van der Waals surface area (Å²) >= 11 is 0. The lowest BCUT2D eigenvalue weighted by molar-refractivity contribution is 0.122. The predicted molar refractivity (Wildman–Crippen MR) is 144 cm³/mol. The molecule has 0 atom stereocenters. The number of allylic oxidation sites excluding steroid dienone is 4. The molecule has 2 fully saturated rings. The lowest BCUT2D eigenvalue weighted by Crippen LogP contribution is -2.43. The molecular weight excluding hydrogens is 440 g/mol. The maximum Gasteiger partial charge on any atom is 0.220 e. The molecule has 0 spiro atoms. The Morgan fingerprint density at radius 1 is 0.971 bits per heavy atom. The molecule has 0 radical (unpaired) electrons. The minimum Gasteiger partial charge on any atom is -0.497 e. The quantitative estimate of drug-likeness (QED) is 0.641. The van der Waals surface area contributed by atoms with Gasteiger partial charge < -0.3 is 25.4 Å². The van der Waals surface area contributed by atoms with Gasteiger partial charge in [-0.1, -0.05) is 6.08 Å². The van der Waals surface area contributed by atoms with Gasteiger partial charge in [0, 0.05) is 43.6 Å². The second-order valence-electron chi connectivity index (χ2n) is 9.56. The highest BCUT2D eigenvalue weighted by molar-refractivity contribution is 6.05. The van der Waals surface area contributed by atoms with Crippen LogP contribution in [0.5, 0.6) is 0 Å². The van der Waals surface area contributed by atoms with Gasteiger partial charge in [0.05, 0.1) is 24.7 Å². The molecule has 1 aromatic rings. The smallest absolute Gasteiger partial charge is 0.220 e. The fraction of sp³-hybridized carbons (Fsp3) is 0.556. The molecule has 4 bridgehead atoms. The molecule has 190 valence electrons. The molecule has 1 aromatic carbocycles. The van der Waals surface area contributed by atoms with Gasteiger partial charge in [0.2, 0.25) is 5.96 Å². The van der Waals surface area contributed by atoms with Crippen molar-refractivity contribution in [3.8, 4) is 0 Å². The van der Waals surface area contributed by atoms with Gasteiger partial charge in [-0.2, -0.15) is 0 Å². The van der Waals surface area contributed by atoms with Crippen LogP contribution in [-0.4, -0.2) is 75.2 Å². The van der Waals surface area contributed by atoms with Crippen LogP contribution in [0, 0.1) is 0 Å². The number of benzene rings is 1. The van der Waals surface area contributed by atoms with Gasteiger partial charge in [-0.15, -0.1) is 0 Å². The van der Waals surface area contributed by atoms with E-state index in [0.717, 1.165) is 88.1 Å². The molecule has 8 heteroatoms. The summed E-state index contributed by atoms with van der Waals surface area (Å²) < 4.78 is 11.5. The van der Waals surface area contributed by atoms with E-state index in [1.165, 1.54) is 11.3 Å². The van der Waals surface area contributed by atoms with Crippen LogP contribution in [0.25, 0.3) is 0 Å². The summed E-state index contributed by atoms with van der Waals surface area (Å²) in [5.41, 5.74) is 11.5. The van der Waals surface area contributed by atoms with Gasteiger partial charge in [0.25, 0.3) is 0 Å². The molecule has 4 aliphatic rings. The number of guanidine groups is 1. The van der Waals surface area contributed by atoms with E-state index in [-0.39, 0.29) is 5.96 Å². The number of piperidine rings is 1. The molecule has 0 aromatic heterocycles. The van der Waals surface area contributed by atoms with Crippen LogP contribution < -0.4 is 16.0 Å². The number of nitrogens with two attached hydrogens (primary N) is 1. The van der Waals surface area contributed by atoms with Gasteiger partial charge in [-0.25, -0.2) is 9.98 Å². The number of hydrogen-bond acceptors (Lipinski definition) is 8. The summed E-state index contributed by atoms with van der Waals surface area (Å²) in [6, 6.07) is 6.94. The number of nitrogens with zero attached hydrogens (tertiary/aromatic N) is 4. The Morgan fingerprint density at radius 2 is 1.74 bits per heavy atom. The van der Waals surface area contributed by atoms with Crippen molar-refractivity contribution in [2.75, 3.05) is 57.4 Å². The van der Waals surface area contributed by atoms with Gasteiger partial charge in [-0.05, 0) is 82.1 Å². The average molecular weight is 481 g/mol. The third kappa shape index (κ3) is 7.40.